The monoisotopic (exact) mass is 529 g/mol. The maximum absolute atomic E-state index is 13.0. The summed E-state index contributed by atoms with van der Waals surface area (Å²) in [7, 11) is -3.40. The number of nitrogens with one attached hydrogen (secondary N) is 1. The van der Waals surface area contributed by atoms with Gasteiger partial charge in [-0.1, -0.05) is 48.5 Å². The van der Waals surface area contributed by atoms with E-state index in [0.29, 0.717) is 23.9 Å². The smallest absolute Gasteiger partial charge is 0.252 e. The Bertz CT molecular complexity index is 1220. The molecule has 1 N–H and O–H groups in total. The number of rotatable bonds is 10. The first kappa shape index (κ1) is 27.2. The van der Waals surface area contributed by atoms with Crippen LogP contribution in [0.3, 0.4) is 0 Å². The van der Waals surface area contributed by atoms with E-state index in [9.17, 15) is 8.42 Å². The molecule has 2 unspecified atom stereocenters. The van der Waals surface area contributed by atoms with Crippen LogP contribution in [-0.4, -0.2) is 69.1 Å². The van der Waals surface area contributed by atoms with Crippen molar-refractivity contribution in [1.82, 2.24) is 14.5 Å². The maximum Gasteiger partial charge on any atom is 0.252 e. The molecule has 8 heteroatoms. The molecule has 36 heavy (non-hydrogen) atoms. The van der Waals surface area contributed by atoms with Gasteiger partial charge in [0.25, 0.3) is 10.0 Å². The van der Waals surface area contributed by atoms with Gasteiger partial charge in [0, 0.05) is 32.2 Å². The molecule has 2 heterocycles. The van der Waals surface area contributed by atoms with Crippen LogP contribution in [0.5, 0.6) is 0 Å². The summed E-state index contributed by atoms with van der Waals surface area (Å²) < 4.78 is 34.2. The van der Waals surface area contributed by atoms with Crippen LogP contribution in [0.1, 0.15) is 39.7 Å². The van der Waals surface area contributed by atoms with Gasteiger partial charge < -0.3 is 15.0 Å². The van der Waals surface area contributed by atoms with Crippen molar-refractivity contribution in [1.29, 1.82) is 0 Å². The van der Waals surface area contributed by atoms with Gasteiger partial charge in [0.1, 0.15) is 4.21 Å². The summed E-state index contributed by atoms with van der Waals surface area (Å²) >= 11 is 1.29. The highest BCUT2D eigenvalue weighted by Crippen LogP contribution is 2.30. The molecule has 3 aromatic rings. The SMILES string of the molecule is CC(CN1CCCN(S(=O)(=O)c2cccs2)CC1)NC(C)(COC(C)C)c1cccc2ccccc12. The number of sulfonamides is 1. The quantitative estimate of drug-likeness (QED) is 0.404. The molecule has 196 valence electrons. The van der Waals surface area contributed by atoms with E-state index < -0.39 is 10.0 Å². The van der Waals surface area contributed by atoms with Crippen molar-refractivity contribution in [3.63, 3.8) is 0 Å². The van der Waals surface area contributed by atoms with Gasteiger partial charge in [-0.15, -0.1) is 11.3 Å². The molecule has 6 nitrogen and oxygen atoms in total. The van der Waals surface area contributed by atoms with Crippen LogP contribution in [-0.2, 0) is 20.3 Å². The predicted octanol–water partition coefficient (Wildman–Crippen LogP) is 4.92. The molecule has 0 amide bonds. The van der Waals surface area contributed by atoms with E-state index in [4.69, 9.17) is 4.74 Å². The minimum absolute atomic E-state index is 0.137. The molecule has 1 aromatic heterocycles. The fourth-order valence-electron chi connectivity index (χ4n) is 5.12. The molecule has 1 aliphatic heterocycles. The van der Waals surface area contributed by atoms with Gasteiger partial charge in [0.05, 0.1) is 18.2 Å². The standard InChI is InChI=1S/C28H39N3O3S2/c1-22(2)34-21-28(4,26-13-7-11-24-10-5-6-12-25(24)26)29-23(3)20-30-15-9-16-31(18-17-30)36(32,33)27-14-8-19-35-27/h5-8,10-14,19,22-23,29H,9,15-18,20-21H2,1-4H3. The predicted molar refractivity (Wildman–Crippen MR) is 149 cm³/mol. The summed E-state index contributed by atoms with van der Waals surface area (Å²) in [6.45, 7) is 12.7. The molecule has 0 radical (unpaired) electrons. The molecule has 4 rings (SSSR count). The van der Waals surface area contributed by atoms with Gasteiger partial charge in [0.2, 0.25) is 0 Å². The second-order valence-electron chi connectivity index (χ2n) is 10.3. The number of hydrogen-bond acceptors (Lipinski definition) is 6. The Balaban J connectivity index is 1.46. The van der Waals surface area contributed by atoms with Crippen LogP contribution in [0.4, 0.5) is 0 Å². The lowest BCUT2D eigenvalue weighted by molar-refractivity contribution is 0.0271. The molecule has 2 aromatic carbocycles. The molecule has 0 bridgehead atoms. The van der Waals surface area contributed by atoms with Gasteiger partial charge in [0.15, 0.2) is 0 Å². The molecular weight excluding hydrogens is 490 g/mol. The summed E-state index contributed by atoms with van der Waals surface area (Å²) in [6.07, 6.45) is 0.965. The topological polar surface area (TPSA) is 61.9 Å². The Morgan fingerprint density at radius 3 is 2.53 bits per heavy atom. The number of benzene rings is 2. The van der Waals surface area contributed by atoms with Gasteiger partial charge in [-0.3, -0.25) is 0 Å². The van der Waals surface area contributed by atoms with Crippen LogP contribution >= 0.6 is 11.3 Å². The zero-order valence-electron chi connectivity index (χ0n) is 21.8. The Morgan fingerprint density at radius 2 is 1.78 bits per heavy atom. The molecule has 0 spiro atoms. The van der Waals surface area contributed by atoms with Crippen LogP contribution in [0, 0.1) is 0 Å². The number of nitrogens with zero attached hydrogens (tertiary/aromatic N) is 2. The molecule has 1 aliphatic rings. The lowest BCUT2D eigenvalue weighted by Gasteiger charge is -2.37. The summed E-state index contributed by atoms with van der Waals surface area (Å²) in [4.78, 5) is 2.38. The van der Waals surface area contributed by atoms with E-state index in [1.54, 1.807) is 16.4 Å². The van der Waals surface area contributed by atoms with Gasteiger partial charge >= 0.3 is 0 Å². The van der Waals surface area contributed by atoms with Crippen molar-refractivity contribution in [2.75, 3.05) is 39.3 Å². The van der Waals surface area contributed by atoms with Crippen molar-refractivity contribution in [3.05, 3.63) is 65.5 Å². The summed E-state index contributed by atoms with van der Waals surface area (Å²) in [5, 5.41) is 8.17. The molecule has 1 saturated heterocycles. The number of thiophene rings is 1. The Hall–Kier alpha value is -1.81. The van der Waals surface area contributed by atoms with E-state index in [2.05, 4.69) is 80.4 Å². The normalized spacial score (nSPS) is 18.8. The van der Waals surface area contributed by atoms with Gasteiger partial charge in [-0.25, -0.2) is 8.42 Å². The summed E-state index contributed by atoms with van der Waals surface area (Å²) in [5.41, 5.74) is 0.863. The second kappa shape index (κ2) is 11.7. The van der Waals surface area contributed by atoms with Crippen LogP contribution in [0.25, 0.3) is 10.8 Å². The number of hydrogen-bond donors (Lipinski definition) is 1. The van der Waals surface area contributed by atoms with E-state index in [-0.39, 0.29) is 17.7 Å². The zero-order chi connectivity index (χ0) is 25.8. The van der Waals surface area contributed by atoms with Crippen LogP contribution in [0.2, 0.25) is 0 Å². The van der Waals surface area contributed by atoms with E-state index in [0.717, 1.165) is 26.1 Å². The van der Waals surface area contributed by atoms with Crippen molar-refractivity contribution in [2.45, 2.75) is 56.0 Å². The fraction of sp³-hybridized carbons (Fsp3) is 0.500. The molecular formula is C28H39N3O3S2. The number of ether oxygens (including phenoxy) is 1. The van der Waals surface area contributed by atoms with E-state index in [1.165, 1.54) is 27.7 Å². The van der Waals surface area contributed by atoms with Crippen molar-refractivity contribution < 1.29 is 13.2 Å². The number of fused-ring (bicyclic) bond motifs is 1. The molecule has 2 atom stereocenters. The van der Waals surface area contributed by atoms with Crippen LogP contribution < -0.4 is 5.32 Å². The average molecular weight is 530 g/mol. The summed E-state index contributed by atoms with van der Waals surface area (Å²) in [5.74, 6) is 0. The minimum Gasteiger partial charge on any atom is -0.377 e. The van der Waals surface area contributed by atoms with Crippen molar-refractivity contribution >= 4 is 32.1 Å². The highest BCUT2D eigenvalue weighted by molar-refractivity contribution is 7.91. The van der Waals surface area contributed by atoms with E-state index in [1.807, 2.05) is 5.38 Å². The third-order valence-corrected chi connectivity index (χ3v) is 10.1. The first-order chi connectivity index (χ1) is 17.2. The Morgan fingerprint density at radius 1 is 1.00 bits per heavy atom. The molecule has 0 saturated carbocycles. The zero-order valence-corrected chi connectivity index (χ0v) is 23.4. The molecule has 1 fully saturated rings. The minimum atomic E-state index is -3.40. The fourth-order valence-corrected chi connectivity index (χ4v) is 7.74. The Kier molecular flexibility index (Phi) is 8.86. The third kappa shape index (κ3) is 6.36. The van der Waals surface area contributed by atoms with E-state index >= 15 is 0 Å². The van der Waals surface area contributed by atoms with Crippen LogP contribution in [0.15, 0.2) is 64.2 Å². The van der Waals surface area contributed by atoms with Crippen molar-refractivity contribution in [3.8, 4) is 0 Å². The summed E-state index contributed by atoms with van der Waals surface area (Å²) in [6, 6.07) is 18.6. The first-order valence-corrected chi connectivity index (χ1v) is 15.1. The Labute approximate surface area is 220 Å². The van der Waals surface area contributed by atoms with Crippen molar-refractivity contribution in [2.24, 2.45) is 0 Å². The maximum atomic E-state index is 13.0. The second-order valence-corrected chi connectivity index (χ2v) is 13.4. The largest absolute Gasteiger partial charge is 0.377 e. The average Bonchev–Trinajstić information content (AvgIpc) is 3.30. The highest BCUT2D eigenvalue weighted by Gasteiger charge is 2.32. The van der Waals surface area contributed by atoms with Gasteiger partial charge in [-0.05, 0) is 68.4 Å². The lowest BCUT2D eigenvalue weighted by atomic mass is 9.87. The lowest BCUT2D eigenvalue weighted by Crippen LogP contribution is -2.52. The highest BCUT2D eigenvalue weighted by atomic mass is 32.2. The van der Waals surface area contributed by atoms with Gasteiger partial charge in [-0.2, -0.15) is 4.31 Å². The first-order valence-electron chi connectivity index (χ1n) is 12.8. The molecule has 0 aliphatic carbocycles. The third-order valence-electron chi connectivity index (χ3n) is 6.82.